The number of fused-ring (bicyclic) bond motifs is 9. The zero-order chi connectivity index (χ0) is 14.0. The van der Waals surface area contributed by atoms with Gasteiger partial charge in [-0.15, -0.1) is 0 Å². The highest BCUT2D eigenvalue weighted by molar-refractivity contribution is 5.87. The van der Waals surface area contributed by atoms with E-state index in [4.69, 9.17) is 4.74 Å². The highest BCUT2D eigenvalue weighted by atomic mass is 16.5. The first-order chi connectivity index (χ1) is 9.61. The third-order valence-electron chi connectivity index (χ3n) is 7.04. The summed E-state index contributed by atoms with van der Waals surface area (Å²) < 4.78 is 5.89. The Morgan fingerprint density at radius 3 is 2.40 bits per heavy atom. The Morgan fingerprint density at radius 2 is 1.80 bits per heavy atom. The van der Waals surface area contributed by atoms with Gasteiger partial charge in [0.15, 0.2) is 0 Å². The molecule has 0 aromatic carbocycles. The first-order valence-corrected chi connectivity index (χ1v) is 8.48. The van der Waals surface area contributed by atoms with Crippen LogP contribution in [0.4, 0.5) is 0 Å². The largest absolute Gasteiger partial charge is 0.458 e. The second kappa shape index (κ2) is 4.35. The third-order valence-corrected chi connectivity index (χ3v) is 7.04. The summed E-state index contributed by atoms with van der Waals surface area (Å²) in [5.41, 5.74) is 0.548. The van der Waals surface area contributed by atoms with Gasteiger partial charge in [0.25, 0.3) is 0 Å². The standard InChI is InChI=1S/C18H26O2/c1-4-12-13-8-14(17(12)20-18(19)9(2)3)16-11-6-5-10(7-11)15(13)16/h10-17H,2,4-8H2,1,3H3. The van der Waals surface area contributed by atoms with Crippen LogP contribution in [0.2, 0.25) is 0 Å². The summed E-state index contributed by atoms with van der Waals surface area (Å²) >= 11 is 0. The van der Waals surface area contributed by atoms with Gasteiger partial charge in [0.1, 0.15) is 6.10 Å². The minimum atomic E-state index is -0.166. The van der Waals surface area contributed by atoms with Gasteiger partial charge in [-0.05, 0) is 80.5 Å². The smallest absolute Gasteiger partial charge is 0.333 e. The number of ether oxygens (including phenoxy) is 1. The molecule has 4 aliphatic carbocycles. The Kier molecular flexibility index (Phi) is 2.81. The fourth-order valence-corrected chi connectivity index (χ4v) is 6.59. The highest BCUT2D eigenvalue weighted by Crippen LogP contribution is 2.69. The molecule has 20 heavy (non-hydrogen) atoms. The minimum Gasteiger partial charge on any atom is -0.458 e. The molecule has 2 nitrogen and oxygen atoms in total. The molecule has 0 aliphatic heterocycles. The molecule has 4 saturated carbocycles. The van der Waals surface area contributed by atoms with Crippen molar-refractivity contribution in [3.8, 4) is 0 Å². The molecule has 0 spiro atoms. The van der Waals surface area contributed by atoms with Gasteiger partial charge in [0.2, 0.25) is 0 Å². The van der Waals surface area contributed by atoms with Crippen molar-refractivity contribution in [3.05, 3.63) is 12.2 Å². The second-order valence-electron chi connectivity index (χ2n) is 7.77. The summed E-state index contributed by atoms with van der Waals surface area (Å²) in [6.45, 7) is 7.77. The molecule has 0 saturated heterocycles. The summed E-state index contributed by atoms with van der Waals surface area (Å²) in [7, 11) is 0. The topological polar surface area (TPSA) is 26.3 Å². The average Bonchev–Trinajstić information content (AvgIpc) is 3.15. The van der Waals surface area contributed by atoms with Crippen LogP contribution in [0.1, 0.15) is 46.0 Å². The Balaban J connectivity index is 1.59. The van der Waals surface area contributed by atoms with Crippen LogP contribution < -0.4 is 0 Å². The molecule has 0 aromatic rings. The van der Waals surface area contributed by atoms with Crippen molar-refractivity contribution in [3.63, 3.8) is 0 Å². The fourth-order valence-electron chi connectivity index (χ4n) is 6.59. The lowest BCUT2D eigenvalue weighted by molar-refractivity contribution is -0.153. The predicted octanol–water partition coefficient (Wildman–Crippen LogP) is 3.81. The van der Waals surface area contributed by atoms with Gasteiger partial charge < -0.3 is 4.74 Å². The molecular formula is C18H26O2. The van der Waals surface area contributed by atoms with E-state index in [2.05, 4.69) is 13.5 Å². The monoisotopic (exact) mass is 274 g/mol. The van der Waals surface area contributed by atoms with E-state index in [0.29, 0.717) is 17.4 Å². The molecule has 4 rings (SSSR count). The molecule has 2 heteroatoms. The molecule has 0 amide bonds. The summed E-state index contributed by atoms with van der Waals surface area (Å²) in [5, 5.41) is 0. The van der Waals surface area contributed by atoms with Crippen molar-refractivity contribution in [1.82, 2.24) is 0 Å². The molecule has 8 atom stereocenters. The van der Waals surface area contributed by atoms with Crippen molar-refractivity contribution >= 4 is 5.97 Å². The van der Waals surface area contributed by atoms with E-state index in [1.54, 1.807) is 6.92 Å². The first-order valence-electron chi connectivity index (χ1n) is 8.48. The molecule has 110 valence electrons. The molecular weight excluding hydrogens is 248 g/mol. The van der Waals surface area contributed by atoms with E-state index in [1.165, 1.54) is 25.7 Å². The van der Waals surface area contributed by atoms with Crippen LogP contribution in [-0.2, 0) is 9.53 Å². The molecule has 0 heterocycles. The SMILES string of the molecule is C=C(C)C(=O)OC1C(CC)C2CC1C1C3CCC(C3)C21. The van der Waals surface area contributed by atoms with Crippen molar-refractivity contribution in [2.75, 3.05) is 0 Å². The Hall–Kier alpha value is -0.790. The number of hydrogen-bond donors (Lipinski definition) is 0. The van der Waals surface area contributed by atoms with Crippen LogP contribution in [0.5, 0.6) is 0 Å². The zero-order valence-corrected chi connectivity index (χ0v) is 12.7. The molecule has 4 bridgehead atoms. The third kappa shape index (κ3) is 1.54. The lowest BCUT2D eigenvalue weighted by atomic mass is 9.66. The Labute approximate surface area is 122 Å². The van der Waals surface area contributed by atoms with Crippen LogP contribution in [0.15, 0.2) is 12.2 Å². The Morgan fingerprint density at radius 1 is 1.15 bits per heavy atom. The van der Waals surface area contributed by atoms with Crippen molar-refractivity contribution in [2.24, 2.45) is 41.4 Å². The van der Waals surface area contributed by atoms with Gasteiger partial charge in [-0.2, -0.15) is 0 Å². The van der Waals surface area contributed by atoms with Crippen LogP contribution in [0.3, 0.4) is 0 Å². The number of hydrogen-bond acceptors (Lipinski definition) is 2. The minimum absolute atomic E-state index is 0.166. The normalized spacial score (nSPS) is 51.3. The molecule has 4 fully saturated rings. The second-order valence-corrected chi connectivity index (χ2v) is 7.77. The lowest BCUT2D eigenvalue weighted by Gasteiger charge is -2.42. The van der Waals surface area contributed by atoms with Crippen LogP contribution in [-0.4, -0.2) is 12.1 Å². The van der Waals surface area contributed by atoms with E-state index in [9.17, 15) is 4.79 Å². The maximum atomic E-state index is 12.0. The average molecular weight is 274 g/mol. The lowest BCUT2D eigenvalue weighted by Crippen LogP contribution is -2.43. The van der Waals surface area contributed by atoms with Crippen molar-refractivity contribution in [2.45, 2.75) is 52.1 Å². The summed E-state index contributed by atoms with van der Waals surface area (Å²) in [6, 6.07) is 0. The number of carbonyl (C=O) groups excluding carboxylic acids is 1. The van der Waals surface area contributed by atoms with Crippen molar-refractivity contribution < 1.29 is 9.53 Å². The molecule has 4 aliphatic rings. The van der Waals surface area contributed by atoms with Crippen LogP contribution in [0, 0.1) is 41.4 Å². The van der Waals surface area contributed by atoms with Gasteiger partial charge in [0, 0.05) is 5.57 Å². The van der Waals surface area contributed by atoms with Gasteiger partial charge in [-0.3, -0.25) is 0 Å². The predicted molar refractivity (Wildman–Crippen MR) is 77.9 cm³/mol. The van der Waals surface area contributed by atoms with E-state index in [1.807, 2.05) is 0 Å². The highest BCUT2D eigenvalue weighted by Gasteiger charge is 2.66. The number of rotatable bonds is 3. The van der Waals surface area contributed by atoms with Crippen LogP contribution >= 0.6 is 0 Å². The Bertz CT molecular complexity index is 454. The molecule has 0 N–H and O–H groups in total. The molecule has 0 aromatic heterocycles. The molecule has 8 unspecified atom stereocenters. The fraction of sp³-hybridized carbons (Fsp3) is 0.833. The molecule has 0 radical (unpaired) electrons. The first kappa shape index (κ1) is 12.9. The quantitative estimate of drug-likeness (QED) is 0.444. The number of esters is 1. The van der Waals surface area contributed by atoms with Gasteiger partial charge in [-0.1, -0.05) is 13.5 Å². The summed E-state index contributed by atoms with van der Waals surface area (Å²) in [6.07, 6.45) is 7.06. The maximum Gasteiger partial charge on any atom is 0.333 e. The van der Waals surface area contributed by atoms with Gasteiger partial charge in [-0.25, -0.2) is 4.79 Å². The van der Waals surface area contributed by atoms with Gasteiger partial charge >= 0.3 is 5.97 Å². The van der Waals surface area contributed by atoms with E-state index < -0.39 is 0 Å². The van der Waals surface area contributed by atoms with E-state index >= 15 is 0 Å². The maximum absolute atomic E-state index is 12.0. The summed E-state index contributed by atoms with van der Waals surface area (Å²) in [5.74, 6) is 5.76. The van der Waals surface area contributed by atoms with Crippen molar-refractivity contribution in [1.29, 1.82) is 0 Å². The zero-order valence-electron chi connectivity index (χ0n) is 12.7. The van der Waals surface area contributed by atoms with E-state index in [-0.39, 0.29) is 12.1 Å². The van der Waals surface area contributed by atoms with Gasteiger partial charge in [0.05, 0.1) is 0 Å². The summed E-state index contributed by atoms with van der Waals surface area (Å²) in [4.78, 5) is 12.0. The van der Waals surface area contributed by atoms with Crippen LogP contribution in [0.25, 0.3) is 0 Å². The van der Waals surface area contributed by atoms with E-state index in [0.717, 1.165) is 36.0 Å². The number of carbonyl (C=O) groups is 1.